The Morgan fingerprint density at radius 2 is 1.84 bits per heavy atom. The minimum Gasteiger partial charge on any atom is -0.380 e. The summed E-state index contributed by atoms with van der Waals surface area (Å²) in [6, 6.07) is 5.33. The molecule has 0 fully saturated rings. The fourth-order valence-corrected chi connectivity index (χ4v) is 3.24. The van der Waals surface area contributed by atoms with Gasteiger partial charge >= 0.3 is 0 Å². The first-order valence-corrected chi connectivity index (χ1v) is 11.1. The normalized spacial score (nSPS) is 12.5. The lowest BCUT2D eigenvalue weighted by atomic mass is 9.87. The molecule has 0 aliphatic carbocycles. The molecule has 0 radical (unpaired) electrons. The van der Waals surface area contributed by atoms with Crippen LogP contribution in [0.2, 0.25) is 10.0 Å². The van der Waals surface area contributed by atoms with E-state index in [2.05, 4.69) is 21.3 Å². The largest absolute Gasteiger partial charge is 0.380 e. The zero-order chi connectivity index (χ0) is 24.3. The molecule has 2 amide bonds. The molecule has 0 atom stereocenters. The topological polar surface area (TPSA) is 106 Å². The molecule has 176 valence electrons. The summed E-state index contributed by atoms with van der Waals surface area (Å²) < 4.78 is 0. The zero-order valence-electron chi connectivity index (χ0n) is 19.3. The third-order valence-corrected chi connectivity index (χ3v) is 5.70. The summed E-state index contributed by atoms with van der Waals surface area (Å²) in [6.07, 6.45) is 4.23. The molecule has 0 unspecified atom stereocenters. The predicted octanol–water partition coefficient (Wildman–Crippen LogP) is 4.13. The summed E-state index contributed by atoms with van der Waals surface area (Å²) in [6.45, 7) is 8.21. The number of hydrogen-bond acceptors (Lipinski definition) is 5. The molecule has 0 saturated heterocycles. The van der Waals surface area contributed by atoms with E-state index in [9.17, 15) is 9.59 Å². The maximum Gasteiger partial charge on any atom is 0.273 e. The molecule has 5 N–H and O–H groups in total. The van der Waals surface area contributed by atoms with E-state index in [1.165, 1.54) is 0 Å². The van der Waals surface area contributed by atoms with Crippen molar-refractivity contribution in [1.29, 1.82) is 5.41 Å². The van der Waals surface area contributed by atoms with Crippen molar-refractivity contribution in [3.8, 4) is 0 Å². The zero-order valence-corrected chi connectivity index (χ0v) is 20.8. The van der Waals surface area contributed by atoms with Crippen molar-refractivity contribution in [3.63, 3.8) is 0 Å². The second-order valence-electron chi connectivity index (χ2n) is 7.95. The molecule has 0 aliphatic rings. The maximum absolute atomic E-state index is 12.9. The minimum absolute atomic E-state index is 0.0209. The highest BCUT2D eigenvalue weighted by Gasteiger charge is 2.25. The Hall–Kier alpha value is -2.51. The van der Waals surface area contributed by atoms with Crippen LogP contribution < -0.4 is 21.3 Å². The molecular weight excluding hydrogens is 449 g/mol. The molecule has 9 heteroatoms. The number of halogens is 2. The smallest absolute Gasteiger partial charge is 0.273 e. The van der Waals surface area contributed by atoms with Gasteiger partial charge in [-0.25, -0.2) is 0 Å². The quantitative estimate of drug-likeness (QED) is 0.176. The van der Waals surface area contributed by atoms with Gasteiger partial charge in [-0.2, -0.15) is 0 Å². The van der Waals surface area contributed by atoms with Crippen molar-refractivity contribution < 1.29 is 9.59 Å². The van der Waals surface area contributed by atoms with E-state index in [4.69, 9.17) is 28.6 Å². The van der Waals surface area contributed by atoms with Crippen LogP contribution in [0.25, 0.3) is 0 Å². The third-order valence-electron chi connectivity index (χ3n) is 4.96. The molecule has 0 spiro atoms. The monoisotopic (exact) mass is 481 g/mol. The summed E-state index contributed by atoms with van der Waals surface area (Å²) >= 11 is 12.0. The van der Waals surface area contributed by atoms with Gasteiger partial charge in [-0.05, 0) is 56.0 Å². The van der Waals surface area contributed by atoms with Crippen LogP contribution in [0.5, 0.6) is 0 Å². The first kappa shape index (κ1) is 27.5. The molecule has 0 aliphatic heterocycles. The summed E-state index contributed by atoms with van der Waals surface area (Å²) in [5, 5.41) is 20.3. The molecule has 0 aromatic heterocycles. The van der Waals surface area contributed by atoms with E-state index >= 15 is 0 Å². The Morgan fingerprint density at radius 3 is 2.41 bits per heavy atom. The highest BCUT2D eigenvalue weighted by molar-refractivity contribution is 6.42. The van der Waals surface area contributed by atoms with Crippen molar-refractivity contribution in [1.82, 2.24) is 21.3 Å². The highest BCUT2D eigenvalue weighted by atomic mass is 35.5. The Labute approximate surface area is 200 Å². The third kappa shape index (κ3) is 8.55. The lowest BCUT2D eigenvalue weighted by Crippen LogP contribution is -2.38. The Morgan fingerprint density at radius 1 is 1.16 bits per heavy atom. The molecule has 32 heavy (non-hydrogen) atoms. The molecule has 1 aromatic carbocycles. The average molecular weight is 482 g/mol. The van der Waals surface area contributed by atoms with Gasteiger partial charge in [-0.15, -0.1) is 0 Å². The first-order valence-electron chi connectivity index (χ1n) is 10.4. The summed E-state index contributed by atoms with van der Waals surface area (Å²) in [5.74, 6) is 0.151. The molecule has 1 rings (SSSR count). The van der Waals surface area contributed by atoms with Crippen LogP contribution in [0.4, 0.5) is 0 Å². The van der Waals surface area contributed by atoms with E-state index in [1.807, 2.05) is 19.9 Å². The van der Waals surface area contributed by atoms with Crippen LogP contribution in [0.15, 0.2) is 41.4 Å². The van der Waals surface area contributed by atoms with Crippen LogP contribution in [-0.2, 0) is 16.1 Å². The lowest BCUT2D eigenvalue weighted by Gasteiger charge is -2.23. The summed E-state index contributed by atoms with van der Waals surface area (Å²) in [5.41, 5.74) is 1.24. The van der Waals surface area contributed by atoms with Gasteiger partial charge < -0.3 is 26.7 Å². The van der Waals surface area contributed by atoms with Gasteiger partial charge in [0.1, 0.15) is 11.5 Å². The molecular formula is C23H33Cl2N5O2. The van der Waals surface area contributed by atoms with Gasteiger partial charge in [0.2, 0.25) is 5.91 Å². The lowest BCUT2D eigenvalue weighted by molar-refractivity contribution is -0.129. The fourth-order valence-electron chi connectivity index (χ4n) is 2.92. The predicted molar refractivity (Wildman–Crippen MR) is 132 cm³/mol. The number of nitrogens with one attached hydrogen (secondary N) is 5. The van der Waals surface area contributed by atoms with Gasteiger partial charge in [0.05, 0.1) is 10.0 Å². The van der Waals surface area contributed by atoms with E-state index in [1.54, 1.807) is 39.1 Å². The molecule has 0 heterocycles. The molecule has 7 nitrogen and oxygen atoms in total. The Balaban J connectivity index is 2.71. The number of amides is 2. The maximum atomic E-state index is 12.9. The molecule has 0 saturated carbocycles. The van der Waals surface area contributed by atoms with Crippen LogP contribution >= 0.6 is 23.2 Å². The van der Waals surface area contributed by atoms with E-state index in [-0.39, 0.29) is 11.8 Å². The van der Waals surface area contributed by atoms with Gasteiger partial charge in [0.25, 0.3) is 5.91 Å². The Kier molecular flexibility index (Phi) is 11.3. The minimum atomic E-state index is -0.494. The van der Waals surface area contributed by atoms with Crippen LogP contribution in [0, 0.1) is 10.8 Å². The number of carbonyl (C=O) groups is 2. The van der Waals surface area contributed by atoms with E-state index in [0.29, 0.717) is 53.1 Å². The van der Waals surface area contributed by atoms with Crippen LogP contribution in [0.1, 0.15) is 46.1 Å². The van der Waals surface area contributed by atoms with Crippen LogP contribution in [-0.4, -0.2) is 31.6 Å². The number of rotatable bonds is 12. The molecule has 1 aromatic rings. The van der Waals surface area contributed by atoms with E-state index < -0.39 is 5.41 Å². The van der Waals surface area contributed by atoms with Gasteiger partial charge in [0.15, 0.2) is 0 Å². The number of benzene rings is 1. The summed E-state index contributed by atoms with van der Waals surface area (Å²) in [7, 11) is 1.62. The number of carbonyl (C=O) groups excluding carboxylic acids is 2. The van der Waals surface area contributed by atoms with E-state index in [0.717, 1.165) is 11.8 Å². The van der Waals surface area contributed by atoms with Crippen LogP contribution in [0.3, 0.4) is 0 Å². The van der Waals surface area contributed by atoms with Crippen molar-refractivity contribution in [2.75, 3.05) is 13.6 Å². The fraction of sp³-hybridized carbons (Fsp3) is 0.435. The molecule has 0 bridgehead atoms. The second kappa shape index (κ2) is 13.1. The van der Waals surface area contributed by atoms with Crippen molar-refractivity contribution >= 4 is 41.2 Å². The second-order valence-corrected chi connectivity index (χ2v) is 8.77. The summed E-state index contributed by atoms with van der Waals surface area (Å²) in [4.78, 5) is 24.8. The van der Waals surface area contributed by atoms with Gasteiger partial charge in [-0.3, -0.25) is 9.59 Å². The van der Waals surface area contributed by atoms with Crippen molar-refractivity contribution in [2.45, 2.75) is 47.1 Å². The highest BCUT2D eigenvalue weighted by Crippen LogP contribution is 2.23. The Bertz CT molecular complexity index is 894. The standard InChI is InChI=1S/C23H33Cl2N5O2/c1-6-19(29-14-16-8-9-17(24)18(25)12-16)30-21(31)20(15(2)13-26)28-11-7-10-23(3,4)22(32)27-5/h6,8-9,12-13,26,28-29H,7,10-11,14H2,1-5H3,(H,27,32)(H,30,31)/b19-6?,20-15-,26-13?. The van der Waals surface area contributed by atoms with Crippen molar-refractivity contribution in [2.24, 2.45) is 5.41 Å². The number of hydrogen-bond donors (Lipinski definition) is 5. The number of allylic oxidation sites excluding steroid dienone is 2. The SMILES string of the molecule is CC=C(NCc1ccc(Cl)c(Cl)c1)NC(=O)/C(NCCCC(C)(C)C(=O)NC)=C(\C)C=N. The van der Waals surface area contributed by atoms with Gasteiger partial charge in [0, 0.05) is 31.8 Å². The van der Waals surface area contributed by atoms with Crippen molar-refractivity contribution in [3.05, 3.63) is 57.0 Å². The average Bonchev–Trinajstić information content (AvgIpc) is 2.77. The first-order chi connectivity index (χ1) is 15.0. The van der Waals surface area contributed by atoms with Gasteiger partial charge in [-0.1, -0.05) is 43.1 Å².